The Balaban J connectivity index is 2.35. The van der Waals surface area contributed by atoms with Gasteiger partial charge in [0, 0.05) is 18.2 Å². The van der Waals surface area contributed by atoms with Crippen LogP contribution in [0.2, 0.25) is 0 Å². The van der Waals surface area contributed by atoms with E-state index in [1.807, 2.05) is 30.1 Å². The molecule has 0 aliphatic heterocycles. The lowest BCUT2D eigenvalue weighted by molar-refractivity contribution is 0.169. The summed E-state index contributed by atoms with van der Waals surface area (Å²) < 4.78 is 1.73. The maximum absolute atomic E-state index is 8.90. The van der Waals surface area contributed by atoms with Crippen LogP contribution in [0.1, 0.15) is 39.0 Å². The molecule has 1 aromatic heterocycles. The van der Waals surface area contributed by atoms with Crippen molar-refractivity contribution < 1.29 is 0 Å². The molecule has 2 aromatic rings. The zero-order valence-corrected chi connectivity index (χ0v) is 14.2. The Kier molecular flexibility index (Phi) is 5.12. The molecule has 0 aliphatic carbocycles. The fourth-order valence-corrected chi connectivity index (χ4v) is 2.32. The fraction of sp³-hybridized carbons (Fsp3) is 0.412. The minimum atomic E-state index is 0.270. The second kappa shape index (κ2) is 7.05. The van der Waals surface area contributed by atoms with Crippen molar-refractivity contribution in [3.8, 4) is 11.8 Å². The molecule has 0 saturated heterocycles. The zero-order valence-electron chi connectivity index (χ0n) is 14.2. The van der Waals surface area contributed by atoms with E-state index in [9.17, 15) is 0 Å². The highest BCUT2D eigenvalue weighted by atomic mass is 15.6. The summed E-state index contributed by atoms with van der Waals surface area (Å²) >= 11 is 0. The number of hydrogen-bond donors (Lipinski definition) is 0. The predicted molar refractivity (Wildman–Crippen MR) is 89.6 cm³/mol. The Bertz CT molecular complexity index is 711. The predicted octanol–water partition coefficient (Wildman–Crippen LogP) is 4.17. The van der Waals surface area contributed by atoms with E-state index in [2.05, 4.69) is 49.2 Å². The topological polar surface area (TPSA) is 69.6 Å². The molecular formula is C17H22N6. The molecule has 0 fully saturated rings. The molecule has 0 amide bonds. The van der Waals surface area contributed by atoms with Gasteiger partial charge in [-0.1, -0.05) is 5.22 Å². The summed E-state index contributed by atoms with van der Waals surface area (Å²) in [4.78, 5) is 0. The Morgan fingerprint density at radius 3 is 2.26 bits per heavy atom. The van der Waals surface area contributed by atoms with Crippen LogP contribution in [0.3, 0.4) is 0 Å². The summed E-state index contributed by atoms with van der Waals surface area (Å²) in [5.41, 5.74) is 2.34. The van der Waals surface area contributed by atoms with Crippen LogP contribution in [0.25, 0.3) is 5.69 Å². The molecule has 0 spiro atoms. The molecule has 0 N–H and O–H groups in total. The summed E-state index contributed by atoms with van der Waals surface area (Å²) in [5, 5.41) is 24.1. The van der Waals surface area contributed by atoms with Crippen molar-refractivity contribution >= 4 is 5.82 Å². The number of nitriles is 1. The van der Waals surface area contributed by atoms with E-state index in [1.165, 1.54) is 0 Å². The average Bonchev–Trinajstić information content (AvgIpc) is 2.88. The van der Waals surface area contributed by atoms with E-state index in [0.717, 1.165) is 11.4 Å². The van der Waals surface area contributed by atoms with Crippen LogP contribution < -0.4 is 0 Å². The maximum atomic E-state index is 8.90. The summed E-state index contributed by atoms with van der Waals surface area (Å²) in [5.74, 6) is 0.665. The highest BCUT2D eigenvalue weighted by Crippen LogP contribution is 2.21. The highest BCUT2D eigenvalue weighted by Gasteiger charge is 2.12. The molecule has 6 heteroatoms. The standard InChI is InChI=1S/C17H22N6/c1-12(2)22(13(3)4)21-19-17-10-14(5)20-23(17)16-8-6-15(11-18)7-9-16/h6-10,12-13H,1-5H3/b21-19+. The third kappa shape index (κ3) is 3.95. The van der Waals surface area contributed by atoms with Crippen molar-refractivity contribution in [2.45, 2.75) is 46.7 Å². The summed E-state index contributed by atoms with van der Waals surface area (Å²) in [6, 6.07) is 11.8. The normalized spacial score (nSPS) is 11.4. The minimum absolute atomic E-state index is 0.270. The largest absolute Gasteiger partial charge is 0.273 e. The van der Waals surface area contributed by atoms with Gasteiger partial charge in [-0.2, -0.15) is 10.4 Å². The van der Waals surface area contributed by atoms with E-state index in [1.54, 1.807) is 16.8 Å². The molecule has 0 bridgehead atoms. The molecule has 2 rings (SSSR count). The van der Waals surface area contributed by atoms with Gasteiger partial charge in [-0.15, -0.1) is 5.11 Å². The maximum Gasteiger partial charge on any atom is 0.179 e. The van der Waals surface area contributed by atoms with Gasteiger partial charge in [-0.3, -0.25) is 5.01 Å². The Hall–Kier alpha value is -2.68. The van der Waals surface area contributed by atoms with Gasteiger partial charge in [0.2, 0.25) is 0 Å². The smallest absolute Gasteiger partial charge is 0.179 e. The summed E-state index contributed by atoms with van der Waals surface area (Å²) in [6.07, 6.45) is 0. The van der Waals surface area contributed by atoms with Gasteiger partial charge in [0.25, 0.3) is 0 Å². The lowest BCUT2D eigenvalue weighted by Gasteiger charge is -2.25. The van der Waals surface area contributed by atoms with Crippen LogP contribution in [0, 0.1) is 18.3 Å². The van der Waals surface area contributed by atoms with E-state index >= 15 is 0 Å². The fourth-order valence-electron chi connectivity index (χ4n) is 2.32. The minimum Gasteiger partial charge on any atom is -0.273 e. The van der Waals surface area contributed by atoms with Crippen LogP contribution in [0.15, 0.2) is 40.7 Å². The Morgan fingerprint density at radius 2 is 1.74 bits per heavy atom. The molecule has 0 unspecified atom stereocenters. The number of benzene rings is 1. The average molecular weight is 310 g/mol. The van der Waals surface area contributed by atoms with Crippen LogP contribution in [-0.2, 0) is 0 Å². The first-order chi connectivity index (χ1) is 10.9. The molecule has 0 atom stereocenters. The summed E-state index contributed by atoms with van der Waals surface area (Å²) in [7, 11) is 0. The van der Waals surface area contributed by atoms with Crippen molar-refractivity contribution in [2.75, 3.05) is 0 Å². The monoisotopic (exact) mass is 310 g/mol. The van der Waals surface area contributed by atoms with Gasteiger partial charge in [-0.25, -0.2) is 4.68 Å². The van der Waals surface area contributed by atoms with Crippen LogP contribution in [0.4, 0.5) is 5.82 Å². The molecule has 120 valence electrons. The molecular weight excluding hydrogens is 288 g/mol. The molecule has 0 aliphatic rings. The van der Waals surface area contributed by atoms with Crippen molar-refractivity contribution in [3.05, 3.63) is 41.6 Å². The Morgan fingerprint density at radius 1 is 1.13 bits per heavy atom. The number of nitrogens with zero attached hydrogens (tertiary/aromatic N) is 6. The molecule has 1 heterocycles. The lowest BCUT2D eigenvalue weighted by Crippen LogP contribution is -2.31. The van der Waals surface area contributed by atoms with Crippen LogP contribution in [-0.4, -0.2) is 26.9 Å². The molecule has 0 radical (unpaired) electrons. The second-order valence-electron chi connectivity index (χ2n) is 5.97. The molecule has 1 aromatic carbocycles. The lowest BCUT2D eigenvalue weighted by atomic mass is 10.2. The first kappa shape index (κ1) is 16.7. The first-order valence-electron chi connectivity index (χ1n) is 7.69. The van der Waals surface area contributed by atoms with E-state index in [0.29, 0.717) is 11.4 Å². The van der Waals surface area contributed by atoms with Crippen molar-refractivity contribution in [3.63, 3.8) is 0 Å². The van der Waals surface area contributed by atoms with Gasteiger partial charge in [-0.05, 0) is 58.9 Å². The van der Waals surface area contributed by atoms with Crippen molar-refractivity contribution in [1.29, 1.82) is 5.26 Å². The number of hydrogen-bond acceptors (Lipinski definition) is 4. The Labute approximate surface area is 137 Å². The van der Waals surface area contributed by atoms with E-state index in [-0.39, 0.29) is 12.1 Å². The molecule has 6 nitrogen and oxygen atoms in total. The highest BCUT2D eigenvalue weighted by molar-refractivity contribution is 5.44. The van der Waals surface area contributed by atoms with Gasteiger partial charge in [0.1, 0.15) is 0 Å². The van der Waals surface area contributed by atoms with Crippen LogP contribution >= 0.6 is 0 Å². The first-order valence-corrected chi connectivity index (χ1v) is 7.69. The molecule has 0 saturated carbocycles. The quantitative estimate of drug-likeness (QED) is 0.614. The van der Waals surface area contributed by atoms with E-state index < -0.39 is 0 Å². The van der Waals surface area contributed by atoms with Gasteiger partial charge >= 0.3 is 0 Å². The third-order valence-electron chi connectivity index (χ3n) is 3.36. The van der Waals surface area contributed by atoms with Gasteiger partial charge in [0.05, 0.1) is 23.0 Å². The van der Waals surface area contributed by atoms with Crippen molar-refractivity contribution in [1.82, 2.24) is 14.8 Å². The number of rotatable bonds is 5. The summed E-state index contributed by atoms with van der Waals surface area (Å²) in [6.45, 7) is 10.3. The SMILES string of the molecule is Cc1cc(/N=N/N(C(C)C)C(C)C)n(-c2ccc(C#N)cc2)n1. The third-order valence-corrected chi connectivity index (χ3v) is 3.36. The number of aromatic nitrogens is 2. The van der Waals surface area contributed by atoms with E-state index in [4.69, 9.17) is 5.26 Å². The van der Waals surface area contributed by atoms with Crippen molar-refractivity contribution in [2.24, 2.45) is 10.3 Å². The number of aryl methyl sites for hydroxylation is 1. The van der Waals surface area contributed by atoms with Crippen LogP contribution in [0.5, 0.6) is 0 Å². The van der Waals surface area contributed by atoms with Gasteiger partial charge < -0.3 is 0 Å². The van der Waals surface area contributed by atoms with Gasteiger partial charge in [0.15, 0.2) is 5.82 Å². The second-order valence-corrected chi connectivity index (χ2v) is 5.97. The molecule has 23 heavy (non-hydrogen) atoms. The zero-order chi connectivity index (χ0) is 17.0.